The number of carbonyl (C=O) groups excluding carboxylic acids is 1. The highest BCUT2D eigenvalue weighted by Crippen LogP contribution is 2.20. The summed E-state index contributed by atoms with van der Waals surface area (Å²) in [5, 5.41) is 3.23. The molecule has 0 spiro atoms. The Hall–Kier alpha value is -0.920. The predicted molar refractivity (Wildman–Crippen MR) is 127 cm³/mol. The van der Waals surface area contributed by atoms with Crippen molar-refractivity contribution < 1.29 is 17.9 Å². The molecular formula is C18H31IN4O4S2. The summed E-state index contributed by atoms with van der Waals surface area (Å²) in [5.41, 5.74) is 0. The minimum Gasteiger partial charge on any atom is -0.466 e. The summed E-state index contributed by atoms with van der Waals surface area (Å²) < 4.78 is 32.6. The maximum absolute atomic E-state index is 12.3. The van der Waals surface area contributed by atoms with Crippen LogP contribution in [-0.4, -0.2) is 64.6 Å². The molecule has 0 aliphatic carbocycles. The van der Waals surface area contributed by atoms with Crippen molar-refractivity contribution in [3.63, 3.8) is 0 Å². The molecule has 0 unspecified atom stereocenters. The van der Waals surface area contributed by atoms with Gasteiger partial charge in [-0.1, -0.05) is 0 Å². The van der Waals surface area contributed by atoms with E-state index in [4.69, 9.17) is 4.74 Å². The molecule has 1 atom stereocenters. The molecule has 2 rings (SSSR count). The summed E-state index contributed by atoms with van der Waals surface area (Å²) >= 11 is 1.25. The van der Waals surface area contributed by atoms with Crippen molar-refractivity contribution in [1.82, 2.24) is 14.9 Å². The van der Waals surface area contributed by atoms with Gasteiger partial charge < -0.3 is 15.0 Å². The Balaban J connectivity index is 0.00000420. The van der Waals surface area contributed by atoms with E-state index in [9.17, 15) is 13.2 Å². The molecule has 1 aliphatic rings. The first-order chi connectivity index (χ1) is 13.4. The summed E-state index contributed by atoms with van der Waals surface area (Å²) in [6.45, 7) is 8.63. The molecule has 2 heterocycles. The molecule has 0 saturated carbocycles. The van der Waals surface area contributed by atoms with Crippen molar-refractivity contribution >= 4 is 57.3 Å². The van der Waals surface area contributed by atoms with Gasteiger partial charge >= 0.3 is 5.97 Å². The summed E-state index contributed by atoms with van der Waals surface area (Å²) in [7, 11) is -3.50. The van der Waals surface area contributed by atoms with Crippen LogP contribution in [0.4, 0.5) is 0 Å². The van der Waals surface area contributed by atoms with Gasteiger partial charge in [0.2, 0.25) is 10.0 Å². The Morgan fingerprint density at radius 2 is 2.14 bits per heavy atom. The third kappa shape index (κ3) is 8.02. The molecule has 1 aromatic heterocycles. The summed E-state index contributed by atoms with van der Waals surface area (Å²) in [4.78, 5) is 19.6. The highest BCUT2D eigenvalue weighted by molar-refractivity contribution is 14.0. The fourth-order valence-electron chi connectivity index (χ4n) is 3.02. The number of halogens is 1. The van der Waals surface area contributed by atoms with Gasteiger partial charge in [0.25, 0.3) is 0 Å². The second-order valence-corrected chi connectivity index (χ2v) is 9.82. The number of rotatable bonds is 8. The van der Waals surface area contributed by atoms with Crippen molar-refractivity contribution in [3.05, 3.63) is 17.0 Å². The van der Waals surface area contributed by atoms with E-state index in [-0.39, 0.29) is 42.4 Å². The lowest BCUT2D eigenvalue weighted by Crippen LogP contribution is -2.48. The number of guanidine groups is 1. The number of carbonyl (C=O) groups is 1. The molecule has 0 aromatic carbocycles. The molecule has 1 saturated heterocycles. The third-order valence-corrected chi connectivity index (χ3v) is 7.28. The molecule has 1 aromatic rings. The van der Waals surface area contributed by atoms with Crippen molar-refractivity contribution in [2.45, 2.75) is 37.8 Å². The van der Waals surface area contributed by atoms with Gasteiger partial charge in [-0.2, -0.15) is 0 Å². The van der Waals surface area contributed by atoms with E-state index >= 15 is 0 Å². The average Bonchev–Trinajstić information content (AvgIpc) is 3.12. The second kappa shape index (κ2) is 12.7. The monoisotopic (exact) mass is 558 g/mol. The number of nitrogens with one attached hydrogen (secondary N) is 2. The molecule has 0 amide bonds. The van der Waals surface area contributed by atoms with Gasteiger partial charge in [0.05, 0.1) is 19.1 Å². The Morgan fingerprint density at radius 1 is 1.38 bits per heavy atom. The first-order valence-corrected chi connectivity index (χ1v) is 11.9. The summed E-state index contributed by atoms with van der Waals surface area (Å²) in [6, 6.07) is 3.40. The number of esters is 1. The second-order valence-electron chi connectivity index (χ2n) is 6.54. The number of hydrogen-bond acceptors (Lipinski definition) is 6. The van der Waals surface area contributed by atoms with Gasteiger partial charge in [0, 0.05) is 31.1 Å². The number of piperidine rings is 1. The Bertz CT molecular complexity index is 783. The molecule has 1 aliphatic heterocycles. The SMILES string of the molecule is CCNC(=NCCNS(=O)(=O)c1ccc(C)s1)N1CCC[C@@H](C(=O)OCC)C1.I. The maximum atomic E-state index is 12.3. The number of aliphatic imine (C=N–C) groups is 1. The fourth-order valence-corrected chi connectivity index (χ4v) is 5.37. The van der Waals surface area contributed by atoms with Gasteiger partial charge in [-0.25, -0.2) is 13.1 Å². The standard InChI is InChI=1S/C18H30N4O4S2.HI/c1-4-19-18(22-12-6-7-15(13-22)17(23)26-5-2)20-10-11-21-28(24,25)16-9-8-14(3)27-16;/h8-9,15,21H,4-7,10-13H2,1-3H3,(H,19,20);1H/t15-;/m1./s1. The van der Waals surface area contributed by atoms with Crippen LogP contribution in [0.1, 0.15) is 31.6 Å². The molecule has 1 fully saturated rings. The lowest BCUT2D eigenvalue weighted by Gasteiger charge is -2.34. The van der Waals surface area contributed by atoms with E-state index in [0.29, 0.717) is 36.4 Å². The van der Waals surface area contributed by atoms with Crippen LogP contribution in [0, 0.1) is 12.8 Å². The number of hydrogen-bond donors (Lipinski definition) is 2. The lowest BCUT2D eigenvalue weighted by molar-refractivity contribution is -0.149. The number of sulfonamides is 1. The van der Waals surface area contributed by atoms with E-state index in [1.54, 1.807) is 12.1 Å². The molecule has 2 N–H and O–H groups in total. The Kier molecular flexibility index (Phi) is 11.4. The van der Waals surface area contributed by atoms with Crippen molar-refractivity contribution in [2.75, 3.05) is 39.3 Å². The predicted octanol–water partition coefficient (Wildman–Crippen LogP) is 2.19. The van der Waals surface area contributed by atoms with Gasteiger partial charge in [-0.05, 0) is 45.7 Å². The van der Waals surface area contributed by atoms with Gasteiger partial charge in [0.15, 0.2) is 5.96 Å². The van der Waals surface area contributed by atoms with Crippen LogP contribution in [0.15, 0.2) is 21.3 Å². The van der Waals surface area contributed by atoms with Crippen LogP contribution in [-0.2, 0) is 19.6 Å². The average molecular weight is 559 g/mol. The van der Waals surface area contributed by atoms with Gasteiger partial charge in [0.1, 0.15) is 4.21 Å². The topological polar surface area (TPSA) is 100 Å². The van der Waals surface area contributed by atoms with Crippen molar-refractivity contribution in [2.24, 2.45) is 10.9 Å². The van der Waals surface area contributed by atoms with Crippen molar-refractivity contribution in [3.8, 4) is 0 Å². The number of likely N-dealkylation sites (tertiary alicyclic amines) is 1. The van der Waals surface area contributed by atoms with E-state index in [2.05, 4.69) is 15.0 Å². The van der Waals surface area contributed by atoms with Crippen LogP contribution in [0.5, 0.6) is 0 Å². The molecule has 8 nitrogen and oxygen atoms in total. The molecule has 166 valence electrons. The smallest absolute Gasteiger partial charge is 0.310 e. The minimum absolute atomic E-state index is 0. The number of nitrogens with zero attached hydrogens (tertiary/aromatic N) is 2. The quantitative estimate of drug-likeness (QED) is 0.167. The third-order valence-electron chi connectivity index (χ3n) is 4.32. The number of thiophene rings is 1. The minimum atomic E-state index is -3.50. The van der Waals surface area contributed by atoms with Crippen LogP contribution >= 0.6 is 35.3 Å². The number of ether oxygens (including phenoxy) is 1. The van der Waals surface area contributed by atoms with E-state index in [1.807, 2.05) is 25.7 Å². The zero-order valence-electron chi connectivity index (χ0n) is 17.1. The van der Waals surface area contributed by atoms with E-state index in [0.717, 1.165) is 24.3 Å². The van der Waals surface area contributed by atoms with Crippen LogP contribution in [0.25, 0.3) is 0 Å². The summed E-state index contributed by atoms with van der Waals surface area (Å²) in [6.07, 6.45) is 1.70. The highest BCUT2D eigenvalue weighted by Gasteiger charge is 2.28. The Labute approximate surface area is 194 Å². The fraction of sp³-hybridized carbons (Fsp3) is 0.667. The molecule has 0 bridgehead atoms. The zero-order chi connectivity index (χ0) is 20.6. The van der Waals surface area contributed by atoms with Crippen LogP contribution < -0.4 is 10.0 Å². The van der Waals surface area contributed by atoms with E-state index < -0.39 is 10.0 Å². The maximum Gasteiger partial charge on any atom is 0.310 e. The normalized spacial score (nSPS) is 17.6. The van der Waals surface area contributed by atoms with Gasteiger partial charge in [-0.3, -0.25) is 9.79 Å². The van der Waals surface area contributed by atoms with Crippen LogP contribution in [0.2, 0.25) is 0 Å². The van der Waals surface area contributed by atoms with E-state index in [1.165, 1.54) is 11.3 Å². The first-order valence-electron chi connectivity index (χ1n) is 9.63. The van der Waals surface area contributed by atoms with Crippen LogP contribution in [0.3, 0.4) is 0 Å². The zero-order valence-corrected chi connectivity index (χ0v) is 21.1. The van der Waals surface area contributed by atoms with Crippen molar-refractivity contribution in [1.29, 1.82) is 0 Å². The molecule has 29 heavy (non-hydrogen) atoms. The Morgan fingerprint density at radius 3 is 2.76 bits per heavy atom. The molecule has 0 radical (unpaired) electrons. The number of aryl methyl sites for hydroxylation is 1. The molecular weight excluding hydrogens is 527 g/mol. The largest absolute Gasteiger partial charge is 0.466 e. The first kappa shape index (κ1) is 26.1. The van der Waals surface area contributed by atoms with Gasteiger partial charge in [-0.15, -0.1) is 35.3 Å². The highest BCUT2D eigenvalue weighted by atomic mass is 127. The molecule has 11 heteroatoms. The lowest BCUT2D eigenvalue weighted by atomic mass is 9.98. The summed E-state index contributed by atoms with van der Waals surface area (Å²) in [5.74, 6) is 0.378.